The van der Waals surface area contributed by atoms with Crippen molar-refractivity contribution in [3.8, 4) is 17.6 Å². The third-order valence-corrected chi connectivity index (χ3v) is 9.67. The van der Waals surface area contributed by atoms with Crippen molar-refractivity contribution in [2.75, 3.05) is 25.6 Å². The van der Waals surface area contributed by atoms with Crippen LogP contribution < -0.4 is 10.7 Å². The van der Waals surface area contributed by atoms with Gasteiger partial charge in [-0.2, -0.15) is 10.1 Å². The molecule has 1 aliphatic heterocycles. The van der Waals surface area contributed by atoms with E-state index in [4.69, 9.17) is 5.73 Å². The van der Waals surface area contributed by atoms with Gasteiger partial charge in [0.1, 0.15) is 11.8 Å². The Kier molecular flexibility index (Phi) is 34.8. The lowest BCUT2D eigenvalue weighted by atomic mass is 10.0. The van der Waals surface area contributed by atoms with Crippen LogP contribution in [0.1, 0.15) is 183 Å². The Balaban J connectivity index is 0. The molecule has 57 heavy (non-hydrogen) atoms. The van der Waals surface area contributed by atoms with Crippen molar-refractivity contribution in [1.29, 1.82) is 0 Å². The second kappa shape index (κ2) is 35.6. The van der Waals surface area contributed by atoms with Gasteiger partial charge in [-0.1, -0.05) is 121 Å². The van der Waals surface area contributed by atoms with E-state index in [0.717, 1.165) is 49.9 Å². The van der Waals surface area contributed by atoms with Gasteiger partial charge < -0.3 is 20.7 Å². The topological polar surface area (TPSA) is 114 Å². The normalized spacial score (nSPS) is 13.9. The number of anilines is 1. The fourth-order valence-corrected chi connectivity index (χ4v) is 5.72. The van der Waals surface area contributed by atoms with Crippen LogP contribution >= 0.6 is 0 Å². The van der Waals surface area contributed by atoms with Crippen LogP contribution in [-0.4, -0.2) is 53.8 Å². The molecule has 8 heteroatoms. The van der Waals surface area contributed by atoms with Crippen LogP contribution in [0, 0.1) is 24.0 Å². The first-order valence-corrected chi connectivity index (χ1v) is 21.9. The van der Waals surface area contributed by atoms with Gasteiger partial charge in [0.25, 0.3) is 5.91 Å². The standard InChI is InChI=1S/C27H45N3O2.C9H17NO.C9H17N.C4H6/c1-3-4-5-6-7-8-9-10-11-12-13-14-15-16-17-18-24-26(28)27(32)30(29-24)23-20-19-22(2)25(31)21-23;1-4-5-6-7-8-9-10(2,3)11;1-6-10-9(5)8(4)7(2)3;1-3-4-2/h19-21,26,31H,3-18,28H2,1-2H3;4-5,8-9H,6-7H2,1-3H3;6H2,1-5H3;1-2H3/b;5-4+,9-8-;;. The zero-order chi connectivity index (χ0) is 43.5. The summed E-state index contributed by atoms with van der Waals surface area (Å²) in [6, 6.07) is 4.48. The highest BCUT2D eigenvalue weighted by atomic mass is 16.5. The largest absolute Gasteiger partial charge is 0.628 e. The number of phenolic OH excluding ortho intramolecular Hbond substituents is 1. The summed E-state index contributed by atoms with van der Waals surface area (Å²) in [7, 11) is 3.21. The molecule has 324 valence electrons. The van der Waals surface area contributed by atoms with E-state index in [2.05, 4.69) is 69.6 Å². The van der Waals surface area contributed by atoms with Gasteiger partial charge in [0, 0.05) is 18.3 Å². The molecular formula is C49H85N5O3. The quantitative estimate of drug-likeness (QED) is 0.0287. The summed E-state index contributed by atoms with van der Waals surface area (Å²) in [5.74, 6) is 5.30. The minimum absolute atomic E-state index is 0.162. The van der Waals surface area contributed by atoms with Gasteiger partial charge in [-0.3, -0.25) is 9.79 Å². The summed E-state index contributed by atoms with van der Waals surface area (Å²) in [4.78, 5) is 16.8. The van der Waals surface area contributed by atoms with Gasteiger partial charge in [0.2, 0.25) is 0 Å². The molecule has 8 nitrogen and oxygen atoms in total. The van der Waals surface area contributed by atoms with Crippen LogP contribution in [0.25, 0.3) is 0 Å². The molecule has 1 amide bonds. The highest BCUT2D eigenvalue weighted by Gasteiger charge is 2.33. The van der Waals surface area contributed by atoms with Crippen LogP contribution in [-0.2, 0) is 4.79 Å². The predicted octanol–water partition coefficient (Wildman–Crippen LogP) is 13.3. The average Bonchev–Trinajstić information content (AvgIpc) is 3.46. The SMILES string of the molecule is C/C=C/CC/C=C\[N+](C)(C)[O-].CC#CC.CCCCCCCCCCCCCCCCCC1=NN(c2ccc(C)c(O)c2)C(=O)C1N.CCN=C(C)C(C)=C(C)C. The van der Waals surface area contributed by atoms with Crippen molar-refractivity contribution in [3.63, 3.8) is 0 Å². The lowest BCUT2D eigenvalue weighted by molar-refractivity contribution is -0.785. The number of benzene rings is 1. The third kappa shape index (κ3) is 30.3. The average molecular weight is 792 g/mol. The maximum absolute atomic E-state index is 12.5. The number of carbonyl (C=O) groups excluding carboxylic acids is 1. The monoisotopic (exact) mass is 792 g/mol. The Bertz CT molecular complexity index is 1410. The number of allylic oxidation sites excluding steroid dienone is 5. The van der Waals surface area contributed by atoms with Crippen molar-refractivity contribution in [2.45, 2.75) is 191 Å². The highest BCUT2D eigenvalue weighted by Crippen LogP contribution is 2.27. The van der Waals surface area contributed by atoms with Gasteiger partial charge in [-0.25, -0.2) is 0 Å². The number of hydrogen-bond acceptors (Lipinski definition) is 6. The third-order valence-electron chi connectivity index (χ3n) is 9.67. The number of carbonyl (C=O) groups is 1. The lowest BCUT2D eigenvalue weighted by Crippen LogP contribution is -2.39. The molecule has 1 aromatic carbocycles. The van der Waals surface area contributed by atoms with Crippen molar-refractivity contribution < 1.29 is 14.5 Å². The Morgan fingerprint density at radius 3 is 1.79 bits per heavy atom. The molecular weight excluding hydrogens is 707 g/mol. The van der Waals surface area contributed by atoms with Crippen molar-refractivity contribution in [2.24, 2.45) is 15.8 Å². The van der Waals surface area contributed by atoms with Gasteiger partial charge in [-0.15, -0.1) is 11.8 Å². The Hall–Kier alpha value is -3.51. The number of aryl methyl sites for hydroxylation is 1. The minimum Gasteiger partial charge on any atom is -0.628 e. The first kappa shape index (κ1) is 55.6. The number of hydrazone groups is 1. The number of hydroxylamine groups is 3. The van der Waals surface area contributed by atoms with Gasteiger partial charge in [0.15, 0.2) is 0 Å². The Morgan fingerprint density at radius 2 is 1.37 bits per heavy atom. The summed E-state index contributed by atoms with van der Waals surface area (Å²) in [6.07, 6.45) is 30.4. The van der Waals surface area contributed by atoms with E-state index < -0.39 is 6.04 Å². The molecule has 0 saturated carbocycles. The fourth-order valence-electron chi connectivity index (χ4n) is 5.72. The lowest BCUT2D eigenvalue weighted by Gasteiger charge is -2.28. The molecule has 0 aliphatic carbocycles. The first-order chi connectivity index (χ1) is 27.1. The summed E-state index contributed by atoms with van der Waals surface area (Å²) in [5, 5.41) is 26.7. The number of nitrogens with two attached hydrogens (primary N) is 1. The summed E-state index contributed by atoms with van der Waals surface area (Å²) in [6.45, 7) is 21.1. The number of quaternary nitrogens is 1. The van der Waals surface area contributed by atoms with E-state index >= 15 is 0 Å². The van der Waals surface area contributed by atoms with E-state index in [9.17, 15) is 15.1 Å². The number of aliphatic imine (C=N–C) groups is 1. The molecule has 1 aromatic rings. The zero-order valence-corrected chi connectivity index (χ0v) is 38.7. The molecule has 3 N–H and O–H groups in total. The molecule has 1 unspecified atom stereocenters. The van der Waals surface area contributed by atoms with Crippen LogP contribution in [0.5, 0.6) is 5.75 Å². The van der Waals surface area contributed by atoms with Crippen molar-refractivity contribution in [1.82, 2.24) is 0 Å². The molecule has 0 bridgehead atoms. The van der Waals surface area contributed by atoms with E-state index in [-0.39, 0.29) is 16.3 Å². The Morgan fingerprint density at radius 1 is 0.877 bits per heavy atom. The molecule has 1 heterocycles. The number of hydrogen-bond donors (Lipinski definition) is 2. The summed E-state index contributed by atoms with van der Waals surface area (Å²) < 4.78 is -0.337. The van der Waals surface area contributed by atoms with Gasteiger partial charge in [-0.05, 0) is 111 Å². The first-order valence-electron chi connectivity index (χ1n) is 21.9. The van der Waals surface area contributed by atoms with Crippen LogP contribution in [0.4, 0.5) is 5.69 Å². The number of rotatable bonds is 23. The van der Waals surface area contributed by atoms with Crippen LogP contribution in [0.3, 0.4) is 0 Å². The highest BCUT2D eigenvalue weighted by molar-refractivity contribution is 6.18. The van der Waals surface area contributed by atoms with Crippen LogP contribution in [0.15, 0.2) is 63.9 Å². The number of nitrogens with zero attached hydrogens (tertiary/aromatic N) is 4. The van der Waals surface area contributed by atoms with Gasteiger partial charge in [0.05, 0.1) is 31.7 Å². The smallest absolute Gasteiger partial charge is 0.270 e. The summed E-state index contributed by atoms with van der Waals surface area (Å²) in [5.41, 5.74) is 12.0. The minimum atomic E-state index is -0.662. The molecule has 0 fully saturated rings. The van der Waals surface area contributed by atoms with E-state index in [1.807, 2.05) is 39.8 Å². The molecule has 0 aromatic heterocycles. The maximum atomic E-state index is 12.5. The summed E-state index contributed by atoms with van der Waals surface area (Å²) >= 11 is 0. The molecule has 0 radical (unpaired) electrons. The van der Waals surface area contributed by atoms with Crippen LogP contribution in [0.2, 0.25) is 0 Å². The molecule has 2 rings (SSSR count). The molecule has 0 saturated heterocycles. The second-order valence-electron chi connectivity index (χ2n) is 15.5. The van der Waals surface area contributed by atoms with Crippen molar-refractivity contribution >= 4 is 23.0 Å². The Labute approximate surface area is 351 Å². The molecule has 0 spiro atoms. The van der Waals surface area contributed by atoms with E-state index in [1.165, 1.54) is 105 Å². The van der Waals surface area contributed by atoms with Crippen molar-refractivity contribution in [3.05, 3.63) is 64.5 Å². The molecule has 1 aliphatic rings. The predicted molar refractivity (Wildman–Crippen MR) is 251 cm³/mol. The fraction of sp³-hybridized carbons (Fsp3) is 0.653. The van der Waals surface area contributed by atoms with Gasteiger partial charge >= 0.3 is 0 Å². The number of amides is 1. The molecule has 1 atom stereocenters. The second-order valence-corrected chi connectivity index (χ2v) is 15.5. The maximum Gasteiger partial charge on any atom is 0.270 e. The van der Waals surface area contributed by atoms with E-state index in [0.29, 0.717) is 5.69 Å². The number of phenols is 1. The number of aromatic hydroxyl groups is 1. The zero-order valence-electron chi connectivity index (χ0n) is 38.7. The number of unbranched alkanes of at least 4 members (excludes halogenated alkanes) is 15. The van der Waals surface area contributed by atoms with E-state index in [1.54, 1.807) is 38.5 Å².